The van der Waals surface area contributed by atoms with Gasteiger partial charge in [-0.05, 0) is 74.0 Å². The van der Waals surface area contributed by atoms with E-state index in [1.165, 1.54) is 44.2 Å². The fraction of sp³-hybridized carbons (Fsp3) is 0.722. The highest BCUT2D eigenvalue weighted by atomic mass is 35.5. The van der Waals surface area contributed by atoms with Crippen LogP contribution in [0, 0.1) is 17.3 Å². The second kappa shape index (κ2) is 6.26. The summed E-state index contributed by atoms with van der Waals surface area (Å²) < 4.78 is 0. The number of aromatic nitrogens is 1. The average Bonchev–Trinajstić information content (AvgIpc) is 3.24. The highest BCUT2D eigenvalue weighted by Gasteiger charge is 2.35. The summed E-state index contributed by atoms with van der Waals surface area (Å²) in [7, 11) is 0. The van der Waals surface area contributed by atoms with Crippen LogP contribution < -0.4 is 5.32 Å². The lowest BCUT2D eigenvalue weighted by Crippen LogP contribution is -2.37. The average molecular weight is 307 g/mol. The molecule has 1 aromatic rings. The standard InChI is InChI=1S/C18H27ClN2/c1-18(2)7-5-14(11-21-16-3-4-16)15(10-18)9-13-6-8-20-12-17(13)19/h6,8,12,14-16,21H,3-5,7,9-11H2,1-2H3. The van der Waals surface area contributed by atoms with Crippen LogP contribution in [0.3, 0.4) is 0 Å². The van der Waals surface area contributed by atoms with Crippen LogP contribution in [0.15, 0.2) is 18.5 Å². The Balaban J connectivity index is 1.68. The number of pyridine rings is 1. The van der Waals surface area contributed by atoms with E-state index in [1.807, 2.05) is 6.20 Å². The molecule has 0 bridgehead atoms. The van der Waals surface area contributed by atoms with Crippen molar-refractivity contribution in [1.82, 2.24) is 10.3 Å². The SMILES string of the molecule is CC1(C)CCC(CNC2CC2)C(Cc2ccncc2Cl)C1. The van der Waals surface area contributed by atoms with E-state index in [0.29, 0.717) is 5.41 Å². The highest BCUT2D eigenvalue weighted by Crippen LogP contribution is 2.43. The van der Waals surface area contributed by atoms with Gasteiger partial charge in [-0.1, -0.05) is 25.4 Å². The zero-order valence-electron chi connectivity index (χ0n) is 13.2. The van der Waals surface area contributed by atoms with Gasteiger partial charge in [-0.3, -0.25) is 4.98 Å². The molecule has 0 saturated heterocycles. The molecule has 1 N–H and O–H groups in total. The predicted molar refractivity (Wildman–Crippen MR) is 88.6 cm³/mol. The molecule has 116 valence electrons. The first-order chi connectivity index (χ1) is 10.0. The third kappa shape index (κ3) is 4.20. The molecule has 0 aromatic carbocycles. The smallest absolute Gasteiger partial charge is 0.0621 e. The maximum Gasteiger partial charge on any atom is 0.0621 e. The molecule has 2 unspecified atom stereocenters. The first-order valence-corrected chi connectivity index (χ1v) is 8.73. The third-order valence-electron chi connectivity index (χ3n) is 5.26. The van der Waals surface area contributed by atoms with Gasteiger partial charge in [-0.2, -0.15) is 0 Å². The van der Waals surface area contributed by atoms with Gasteiger partial charge in [0.25, 0.3) is 0 Å². The lowest BCUT2D eigenvalue weighted by molar-refractivity contribution is 0.115. The van der Waals surface area contributed by atoms with Gasteiger partial charge in [0.05, 0.1) is 5.02 Å². The second-order valence-corrected chi connectivity index (χ2v) is 8.19. The normalized spacial score (nSPS) is 28.5. The maximum atomic E-state index is 6.32. The van der Waals surface area contributed by atoms with Crippen LogP contribution in [0.4, 0.5) is 0 Å². The molecule has 21 heavy (non-hydrogen) atoms. The monoisotopic (exact) mass is 306 g/mol. The second-order valence-electron chi connectivity index (χ2n) is 7.78. The fourth-order valence-electron chi connectivity index (χ4n) is 3.76. The van der Waals surface area contributed by atoms with Crippen LogP contribution in [0.1, 0.15) is 51.5 Å². The number of hydrogen-bond acceptors (Lipinski definition) is 2. The zero-order chi connectivity index (χ0) is 14.9. The first-order valence-electron chi connectivity index (χ1n) is 8.35. The summed E-state index contributed by atoms with van der Waals surface area (Å²) in [5, 5.41) is 4.57. The van der Waals surface area contributed by atoms with E-state index in [9.17, 15) is 0 Å². The molecule has 2 aliphatic carbocycles. The van der Waals surface area contributed by atoms with Crippen molar-refractivity contribution in [2.75, 3.05) is 6.54 Å². The third-order valence-corrected chi connectivity index (χ3v) is 5.60. The lowest BCUT2D eigenvalue weighted by Gasteiger charge is -2.41. The fourth-order valence-corrected chi connectivity index (χ4v) is 3.95. The van der Waals surface area contributed by atoms with Crippen LogP contribution in [-0.2, 0) is 6.42 Å². The van der Waals surface area contributed by atoms with Gasteiger partial charge in [-0.25, -0.2) is 0 Å². The number of rotatable bonds is 5. The quantitative estimate of drug-likeness (QED) is 0.868. The van der Waals surface area contributed by atoms with Crippen molar-refractivity contribution in [3.8, 4) is 0 Å². The van der Waals surface area contributed by atoms with E-state index >= 15 is 0 Å². The number of nitrogens with zero attached hydrogens (tertiary/aromatic N) is 1. The molecule has 2 nitrogen and oxygen atoms in total. The molecule has 2 fully saturated rings. The van der Waals surface area contributed by atoms with E-state index in [2.05, 4.69) is 30.2 Å². The molecule has 0 spiro atoms. The molecule has 2 aliphatic rings. The van der Waals surface area contributed by atoms with Gasteiger partial charge >= 0.3 is 0 Å². The van der Waals surface area contributed by atoms with E-state index in [4.69, 9.17) is 11.6 Å². The molecule has 3 heteroatoms. The van der Waals surface area contributed by atoms with Gasteiger partial charge < -0.3 is 5.32 Å². The van der Waals surface area contributed by atoms with Crippen molar-refractivity contribution in [2.24, 2.45) is 17.3 Å². The summed E-state index contributed by atoms with van der Waals surface area (Å²) in [6.07, 6.45) is 11.5. The summed E-state index contributed by atoms with van der Waals surface area (Å²) in [6, 6.07) is 2.90. The Morgan fingerprint density at radius 1 is 1.29 bits per heavy atom. The summed E-state index contributed by atoms with van der Waals surface area (Å²) >= 11 is 6.32. The minimum atomic E-state index is 0.472. The Morgan fingerprint density at radius 3 is 2.81 bits per heavy atom. The first kappa shape index (κ1) is 15.3. The van der Waals surface area contributed by atoms with Crippen molar-refractivity contribution in [3.63, 3.8) is 0 Å². The van der Waals surface area contributed by atoms with Crippen LogP contribution in [0.25, 0.3) is 0 Å². The van der Waals surface area contributed by atoms with Gasteiger partial charge in [-0.15, -0.1) is 0 Å². The van der Waals surface area contributed by atoms with Crippen molar-refractivity contribution in [2.45, 2.75) is 58.4 Å². The summed E-state index contributed by atoms with van der Waals surface area (Å²) in [4.78, 5) is 4.11. The van der Waals surface area contributed by atoms with Crippen molar-refractivity contribution < 1.29 is 0 Å². The number of nitrogens with one attached hydrogen (secondary N) is 1. The Labute approximate surface area is 133 Å². The summed E-state index contributed by atoms with van der Waals surface area (Å²) in [5.74, 6) is 1.53. The molecular formula is C18H27ClN2. The molecule has 2 atom stereocenters. The van der Waals surface area contributed by atoms with E-state index in [-0.39, 0.29) is 0 Å². The van der Waals surface area contributed by atoms with Gasteiger partial charge in [0.1, 0.15) is 0 Å². The van der Waals surface area contributed by atoms with Gasteiger partial charge in [0.15, 0.2) is 0 Å². The van der Waals surface area contributed by atoms with Crippen LogP contribution in [0.2, 0.25) is 5.02 Å². The van der Waals surface area contributed by atoms with Crippen molar-refractivity contribution in [1.29, 1.82) is 0 Å². The molecule has 0 radical (unpaired) electrons. The van der Waals surface area contributed by atoms with Gasteiger partial charge in [0, 0.05) is 18.4 Å². The molecule has 1 heterocycles. The largest absolute Gasteiger partial charge is 0.314 e. The van der Waals surface area contributed by atoms with E-state index in [0.717, 1.165) is 29.3 Å². The highest BCUT2D eigenvalue weighted by molar-refractivity contribution is 6.31. The predicted octanol–water partition coefficient (Wildman–Crippen LogP) is 4.47. The number of hydrogen-bond donors (Lipinski definition) is 1. The van der Waals surface area contributed by atoms with Crippen LogP contribution in [-0.4, -0.2) is 17.6 Å². The lowest BCUT2D eigenvalue weighted by atomic mass is 9.65. The molecule has 0 amide bonds. The molecule has 0 aliphatic heterocycles. The molecule has 3 rings (SSSR count). The Kier molecular flexibility index (Phi) is 4.56. The topological polar surface area (TPSA) is 24.9 Å². The van der Waals surface area contributed by atoms with Crippen molar-refractivity contribution >= 4 is 11.6 Å². The Bertz CT molecular complexity index is 480. The minimum absolute atomic E-state index is 0.472. The number of halogens is 1. The zero-order valence-corrected chi connectivity index (χ0v) is 14.0. The molecule has 2 saturated carbocycles. The van der Waals surface area contributed by atoms with Gasteiger partial charge in [0.2, 0.25) is 0 Å². The van der Waals surface area contributed by atoms with E-state index < -0.39 is 0 Å². The van der Waals surface area contributed by atoms with E-state index in [1.54, 1.807) is 6.20 Å². The maximum absolute atomic E-state index is 6.32. The summed E-state index contributed by atoms with van der Waals surface area (Å²) in [6.45, 7) is 6.02. The Morgan fingerprint density at radius 2 is 2.10 bits per heavy atom. The molecule has 1 aromatic heterocycles. The molecular weight excluding hydrogens is 280 g/mol. The van der Waals surface area contributed by atoms with Crippen LogP contribution in [0.5, 0.6) is 0 Å². The minimum Gasteiger partial charge on any atom is -0.314 e. The van der Waals surface area contributed by atoms with Crippen molar-refractivity contribution in [3.05, 3.63) is 29.0 Å². The van der Waals surface area contributed by atoms with Crippen LogP contribution >= 0.6 is 11.6 Å². The summed E-state index contributed by atoms with van der Waals surface area (Å²) in [5.41, 5.74) is 1.74. The Hall–Kier alpha value is -0.600.